The summed E-state index contributed by atoms with van der Waals surface area (Å²) in [7, 11) is -3.88. The van der Waals surface area contributed by atoms with Crippen LogP contribution in [0.15, 0.2) is 90.0 Å². The Morgan fingerprint density at radius 2 is 1.70 bits per heavy atom. The average Bonchev–Trinajstić information content (AvgIpc) is 3.18. The van der Waals surface area contributed by atoms with Crippen LogP contribution in [0.25, 0.3) is 10.9 Å². The number of pyridine rings is 1. The van der Waals surface area contributed by atoms with Gasteiger partial charge in [0.1, 0.15) is 10.6 Å². The first kappa shape index (κ1) is 27.3. The number of benzene rings is 3. The van der Waals surface area contributed by atoms with Crippen molar-refractivity contribution in [2.75, 3.05) is 30.9 Å². The molecule has 0 saturated carbocycles. The molecule has 206 valence electrons. The summed E-state index contributed by atoms with van der Waals surface area (Å²) >= 11 is 0. The van der Waals surface area contributed by atoms with Crippen LogP contribution in [0.3, 0.4) is 0 Å². The number of ether oxygens (including phenoxy) is 1. The second-order valence-corrected chi connectivity index (χ2v) is 11.3. The molecule has 1 saturated heterocycles. The predicted molar refractivity (Wildman–Crippen MR) is 153 cm³/mol. The molecule has 2 heterocycles. The van der Waals surface area contributed by atoms with Crippen LogP contribution >= 0.6 is 0 Å². The number of hydrogen-bond acceptors (Lipinski definition) is 7. The second-order valence-electron chi connectivity index (χ2n) is 9.68. The highest BCUT2D eigenvalue weighted by atomic mass is 32.2. The van der Waals surface area contributed by atoms with Gasteiger partial charge in [-0.05, 0) is 60.5 Å². The maximum Gasteiger partial charge on any atom is 0.308 e. The van der Waals surface area contributed by atoms with E-state index in [9.17, 15) is 18.0 Å². The number of fused-ring (bicyclic) bond motifs is 1. The molecule has 40 heavy (non-hydrogen) atoms. The summed E-state index contributed by atoms with van der Waals surface area (Å²) in [4.78, 5) is 32.9. The van der Waals surface area contributed by atoms with Crippen LogP contribution in [-0.2, 0) is 21.4 Å². The molecule has 9 nitrogen and oxygen atoms in total. The summed E-state index contributed by atoms with van der Waals surface area (Å²) in [5, 5.41) is 0.734. The Morgan fingerprint density at radius 3 is 2.50 bits per heavy atom. The predicted octanol–water partition coefficient (Wildman–Crippen LogP) is 4.31. The van der Waals surface area contributed by atoms with Gasteiger partial charge in [0.25, 0.3) is 15.9 Å². The van der Waals surface area contributed by atoms with E-state index in [1.807, 2.05) is 35.2 Å². The zero-order valence-electron chi connectivity index (χ0n) is 22.1. The zero-order chi connectivity index (χ0) is 28.1. The van der Waals surface area contributed by atoms with E-state index < -0.39 is 10.0 Å². The van der Waals surface area contributed by atoms with Crippen molar-refractivity contribution in [1.82, 2.24) is 14.8 Å². The first-order valence-electron chi connectivity index (χ1n) is 13.0. The first-order valence-corrected chi connectivity index (χ1v) is 14.5. The highest BCUT2D eigenvalue weighted by Crippen LogP contribution is 2.24. The van der Waals surface area contributed by atoms with Crippen LogP contribution in [0.1, 0.15) is 29.3 Å². The topological polar surface area (TPSA) is 109 Å². The van der Waals surface area contributed by atoms with Crippen molar-refractivity contribution >= 4 is 38.5 Å². The van der Waals surface area contributed by atoms with Crippen molar-refractivity contribution in [2.45, 2.75) is 24.8 Å². The average molecular weight is 559 g/mol. The SMILES string of the molecule is CC(=O)Oc1cccc(CN2CCCN(C(=O)c3ccc(NS(=O)(=O)c4cccc5cccnc45)cc3)CC2)c1. The van der Waals surface area contributed by atoms with Gasteiger partial charge in [0.2, 0.25) is 0 Å². The molecule has 0 radical (unpaired) electrons. The number of rotatable bonds is 7. The summed E-state index contributed by atoms with van der Waals surface area (Å²) in [6, 6.07) is 22.6. The van der Waals surface area contributed by atoms with Crippen molar-refractivity contribution in [1.29, 1.82) is 0 Å². The lowest BCUT2D eigenvalue weighted by Gasteiger charge is -2.22. The summed E-state index contributed by atoms with van der Waals surface area (Å²) in [5.74, 6) is 0.0798. The van der Waals surface area contributed by atoms with E-state index in [1.165, 1.54) is 13.0 Å². The van der Waals surface area contributed by atoms with Crippen LogP contribution in [0.4, 0.5) is 5.69 Å². The number of carbonyl (C=O) groups is 2. The van der Waals surface area contributed by atoms with Gasteiger partial charge in [-0.3, -0.25) is 24.2 Å². The van der Waals surface area contributed by atoms with Gasteiger partial charge in [-0.2, -0.15) is 0 Å². The monoisotopic (exact) mass is 558 g/mol. The molecule has 1 fully saturated rings. The lowest BCUT2D eigenvalue weighted by atomic mass is 10.2. The fourth-order valence-electron chi connectivity index (χ4n) is 4.83. The summed E-state index contributed by atoms with van der Waals surface area (Å²) in [5.41, 5.74) is 2.30. The molecule has 1 aliphatic rings. The Hall–Kier alpha value is -4.28. The molecule has 1 N–H and O–H groups in total. The summed E-state index contributed by atoms with van der Waals surface area (Å²) < 4.78 is 34.0. The van der Waals surface area contributed by atoms with Crippen molar-refractivity contribution in [3.8, 4) is 5.75 Å². The van der Waals surface area contributed by atoms with Crippen LogP contribution < -0.4 is 9.46 Å². The van der Waals surface area contributed by atoms with Gasteiger partial charge in [-0.25, -0.2) is 8.42 Å². The third kappa shape index (κ3) is 6.47. The van der Waals surface area contributed by atoms with E-state index in [0.29, 0.717) is 48.7 Å². The number of carbonyl (C=O) groups excluding carboxylic acids is 2. The number of esters is 1. The van der Waals surface area contributed by atoms with E-state index in [4.69, 9.17) is 4.74 Å². The molecule has 0 atom stereocenters. The number of hydrogen-bond donors (Lipinski definition) is 1. The molecule has 10 heteroatoms. The molecule has 0 spiro atoms. The van der Waals surface area contributed by atoms with Gasteiger partial charge < -0.3 is 9.64 Å². The molecule has 5 rings (SSSR count). The minimum atomic E-state index is -3.88. The van der Waals surface area contributed by atoms with Gasteiger partial charge in [-0.15, -0.1) is 0 Å². The van der Waals surface area contributed by atoms with E-state index in [2.05, 4.69) is 14.6 Å². The Kier molecular flexibility index (Phi) is 8.09. The number of anilines is 1. The second kappa shape index (κ2) is 11.8. The summed E-state index contributed by atoms with van der Waals surface area (Å²) in [6.45, 7) is 4.82. The smallest absolute Gasteiger partial charge is 0.308 e. The normalized spacial score (nSPS) is 14.5. The molecule has 3 aromatic carbocycles. The Labute approximate surface area is 233 Å². The number of para-hydroxylation sites is 1. The van der Waals surface area contributed by atoms with Gasteiger partial charge in [0.15, 0.2) is 0 Å². The largest absolute Gasteiger partial charge is 0.427 e. The van der Waals surface area contributed by atoms with E-state index in [1.54, 1.807) is 48.7 Å². The Morgan fingerprint density at radius 1 is 0.925 bits per heavy atom. The fraction of sp³-hybridized carbons (Fsp3) is 0.233. The van der Waals surface area contributed by atoms with Crippen LogP contribution in [0.2, 0.25) is 0 Å². The molecule has 4 aromatic rings. The molecule has 0 aliphatic carbocycles. The molecule has 1 aliphatic heterocycles. The minimum Gasteiger partial charge on any atom is -0.427 e. The maximum atomic E-state index is 13.2. The van der Waals surface area contributed by atoms with Crippen molar-refractivity contribution in [3.05, 3.63) is 96.2 Å². The molecule has 0 bridgehead atoms. The lowest BCUT2D eigenvalue weighted by Crippen LogP contribution is -2.35. The van der Waals surface area contributed by atoms with Crippen molar-refractivity contribution < 1.29 is 22.7 Å². The number of nitrogens with zero attached hydrogens (tertiary/aromatic N) is 3. The fourth-order valence-corrected chi connectivity index (χ4v) is 6.07. The third-order valence-corrected chi connectivity index (χ3v) is 8.12. The standard InChI is InChI=1S/C30H30N4O5S/c1-22(35)39-27-9-2-6-23(20-27)21-33-16-5-17-34(19-18-33)30(36)25-11-13-26(14-12-25)32-40(37,38)28-10-3-7-24-8-4-15-31-29(24)28/h2-4,6-15,20,32H,5,16-19,21H2,1H3. The van der Waals surface area contributed by atoms with Crippen LogP contribution in [-0.4, -0.2) is 61.3 Å². The quantitative estimate of drug-likeness (QED) is 0.266. The number of amides is 1. The maximum absolute atomic E-state index is 13.2. The summed E-state index contributed by atoms with van der Waals surface area (Å²) in [6.07, 6.45) is 2.39. The zero-order valence-corrected chi connectivity index (χ0v) is 22.9. The number of aromatic nitrogens is 1. The molecule has 1 aromatic heterocycles. The van der Waals surface area contributed by atoms with Crippen molar-refractivity contribution in [3.63, 3.8) is 0 Å². The van der Waals surface area contributed by atoms with E-state index in [0.717, 1.165) is 23.9 Å². The van der Waals surface area contributed by atoms with Crippen molar-refractivity contribution in [2.24, 2.45) is 0 Å². The van der Waals surface area contributed by atoms with Gasteiger partial charge in [0, 0.05) is 62.5 Å². The van der Waals surface area contributed by atoms with Gasteiger partial charge in [-0.1, -0.05) is 30.3 Å². The van der Waals surface area contributed by atoms with E-state index >= 15 is 0 Å². The first-order chi connectivity index (χ1) is 19.3. The van der Waals surface area contributed by atoms with Crippen LogP contribution in [0, 0.1) is 0 Å². The Bertz CT molecular complexity index is 1630. The molecular weight excluding hydrogens is 528 g/mol. The third-order valence-electron chi connectivity index (χ3n) is 6.71. The van der Waals surface area contributed by atoms with Crippen LogP contribution in [0.5, 0.6) is 5.75 Å². The molecule has 0 unspecified atom stereocenters. The number of nitrogens with one attached hydrogen (secondary N) is 1. The Balaban J connectivity index is 1.21. The highest BCUT2D eigenvalue weighted by molar-refractivity contribution is 7.93. The highest BCUT2D eigenvalue weighted by Gasteiger charge is 2.22. The lowest BCUT2D eigenvalue weighted by molar-refractivity contribution is -0.131. The molecule has 1 amide bonds. The molecular formula is C30H30N4O5S. The van der Waals surface area contributed by atoms with E-state index in [-0.39, 0.29) is 16.8 Å². The van der Waals surface area contributed by atoms with Gasteiger partial charge >= 0.3 is 5.97 Å². The van der Waals surface area contributed by atoms with Gasteiger partial charge in [0.05, 0.1) is 5.52 Å². The minimum absolute atomic E-state index is 0.0913. The number of sulfonamides is 1.